The molecular formula is C17H26N4. The molecule has 0 radical (unpaired) electrons. The number of nitrogens with one attached hydrogen (secondary N) is 2. The minimum Gasteiger partial charge on any atom is -0.369 e. The van der Waals surface area contributed by atoms with E-state index in [1.54, 1.807) is 6.33 Å². The lowest BCUT2D eigenvalue weighted by Crippen LogP contribution is -2.53. The van der Waals surface area contributed by atoms with E-state index in [9.17, 15) is 0 Å². The molecule has 114 valence electrons. The molecule has 0 unspecified atom stereocenters. The molecule has 4 nitrogen and oxygen atoms in total. The molecule has 4 aliphatic rings. The lowest BCUT2D eigenvalue weighted by molar-refractivity contribution is -0.100. The lowest BCUT2D eigenvalue weighted by Gasteiger charge is -2.60. The Kier molecular flexibility index (Phi) is 3.18. The fourth-order valence-corrected chi connectivity index (χ4v) is 4.87. The molecule has 1 aromatic rings. The van der Waals surface area contributed by atoms with Crippen LogP contribution in [0.25, 0.3) is 0 Å². The van der Waals surface area contributed by atoms with Gasteiger partial charge in [-0.3, -0.25) is 0 Å². The summed E-state index contributed by atoms with van der Waals surface area (Å²) in [5, 5.41) is 7.04. The smallest absolute Gasteiger partial charge is 0.132 e. The van der Waals surface area contributed by atoms with Crippen molar-refractivity contribution in [1.29, 1.82) is 0 Å². The molecule has 0 amide bonds. The van der Waals surface area contributed by atoms with Crippen molar-refractivity contribution in [2.75, 3.05) is 18.4 Å². The Balaban J connectivity index is 1.46. The van der Waals surface area contributed by atoms with Crippen molar-refractivity contribution in [3.63, 3.8) is 0 Å². The van der Waals surface area contributed by atoms with Gasteiger partial charge < -0.3 is 10.6 Å². The number of aromatic nitrogens is 2. The normalized spacial score (nSPS) is 33.0. The average molecular weight is 286 g/mol. The molecule has 3 aliphatic carbocycles. The molecule has 0 aromatic carbocycles. The Hall–Kier alpha value is -1.16. The van der Waals surface area contributed by atoms with Gasteiger partial charge in [-0.15, -0.1) is 0 Å². The zero-order chi connectivity index (χ0) is 14.4. The van der Waals surface area contributed by atoms with Crippen molar-refractivity contribution < 1.29 is 0 Å². The highest BCUT2D eigenvalue weighted by Crippen LogP contribution is 2.61. The summed E-state index contributed by atoms with van der Waals surface area (Å²) in [5.41, 5.74) is 3.07. The van der Waals surface area contributed by atoms with Gasteiger partial charge >= 0.3 is 0 Å². The molecular weight excluding hydrogens is 260 g/mol. The van der Waals surface area contributed by atoms with Crippen LogP contribution in [0.1, 0.15) is 44.4 Å². The maximum absolute atomic E-state index is 4.50. The molecule has 3 fully saturated rings. The zero-order valence-corrected chi connectivity index (χ0v) is 13.2. The minimum atomic E-state index is 0.569. The van der Waals surface area contributed by atoms with E-state index in [1.165, 1.54) is 30.5 Å². The van der Waals surface area contributed by atoms with Gasteiger partial charge in [0.1, 0.15) is 12.1 Å². The fourth-order valence-electron chi connectivity index (χ4n) is 4.87. The van der Waals surface area contributed by atoms with Crippen LogP contribution in [0, 0.1) is 23.2 Å². The summed E-state index contributed by atoms with van der Waals surface area (Å²) in [6.07, 6.45) is 7.01. The summed E-state index contributed by atoms with van der Waals surface area (Å²) in [4.78, 5) is 8.91. The van der Waals surface area contributed by atoms with Crippen molar-refractivity contribution in [2.24, 2.45) is 23.2 Å². The Morgan fingerprint density at radius 2 is 2.24 bits per heavy atom. The van der Waals surface area contributed by atoms with Crippen LogP contribution in [-0.4, -0.2) is 23.1 Å². The molecule has 3 saturated carbocycles. The molecule has 2 heterocycles. The summed E-state index contributed by atoms with van der Waals surface area (Å²) in [7, 11) is 0. The molecule has 0 spiro atoms. The Bertz CT molecular complexity index is 538. The highest BCUT2D eigenvalue weighted by Gasteiger charge is 2.53. The zero-order valence-electron chi connectivity index (χ0n) is 13.2. The summed E-state index contributed by atoms with van der Waals surface area (Å²) < 4.78 is 0. The van der Waals surface area contributed by atoms with Gasteiger partial charge in [-0.25, -0.2) is 9.97 Å². The summed E-state index contributed by atoms with van der Waals surface area (Å²) in [6.45, 7) is 7.94. The Morgan fingerprint density at radius 3 is 3.05 bits per heavy atom. The van der Waals surface area contributed by atoms with Crippen LogP contribution < -0.4 is 10.6 Å². The third-order valence-corrected chi connectivity index (χ3v) is 6.41. The average Bonchev–Trinajstić information content (AvgIpc) is 2.52. The van der Waals surface area contributed by atoms with Crippen molar-refractivity contribution in [1.82, 2.24) is 15.3 Å². The number of anilines is 1. The van der Waals surface area contributed by atoms with Crippen LogP contribution in [-0.2, 0) is 13.0 Å². The van der Waals surface area contributed by atoms with Gasteiger partial charge in [0.05, 0.1) is 5.69 Å². The molecule has 0 saturated heterocycles. The van der Waals surface area contributed by atoms with E-state index < -0.39 is 0 Å². The number of hydrogen-bond acceptors (Lipinski definition) is 4. The van der Waals surface area contributed by atoms with Gasteiger partial charge in [0.15, 0.2) is 0 Å². The largest absolute Gasteiger partial charge is 0.369 e. The first kappa shape index (κ1) is 13.5. The second kappa shape index (κ2) is 4.94. The molecule has 21 heavy (non-hydrogen) atoms. The third-order valence-electron chi connectivity index (χ3n) is 6.41. The van der Waals surface area contributed by atoms with Crippen LogP contribution in [0.5, 0.6) is 0 Å². The molecule has 3 atom stereocenters. The molecule has 2 bridgehead atoms. The van der Waals surface area contributed by atoms with Gasteiger partial charge in [-0.2, -0.15) is 0 Å². The first-order chi connectivity index (χ1) is 10.2. The molecule has 1 aromatic heterocycles. The van der Waals surface area contributed by atoms with E-state index in [2.05, 4.69) is 34.4 Å². The SMILES string of the molecule is CC1(C)[C@@H]2CC[C@H](CNc3ncnc4c3CCNC4)[C@H]1C2. The van der Waals surface area contributed by atoms with Crippen LogP contribution in [0.3, 0.4) is 0 Å². The van der Waals surface area contributed by atoms with Gasteiger partial charge in [0.25, 0.3) is 0 Å². The van der Waals surface area contributed by atoms with E-state index in [0.29, 0.717) is 5.41 Å². The first-order valence-electron chi connectivity index (χ1n) is 8.43. The predicted octanol–water partition coefficient (Wildman–Crippen LogP) is 2.61. The Morgan fingerprint density at radius 1 is 1.33 bits per heavy atom. The molecule has 4 heteroatoms. The number of hydrogen-bond donors (Lipinski definition) is 2. The highest BCUT2D eigenvalue weighted by molar-refractivity contribution is 5.47. The number of fused-ring (bicyclic) bond motifs is 3. The maximum Gasteiger partial charge on any atom is 0.132 e. The fraction of sp³-hybridized carbons (Fsp3) is 0.765. The second-order valence-electron chi connectivity index (χ2n) is 7.65. The summed E-state index contributed by atoms with van der Waals surface area (Å²) in [6, 6.07) is 0. The topological polar surface area (TPSA) is 49.8 Å². The lowest BCUT2D eigenvalue weighted by atomic mass is 9.45. The molecule has 5 rings (SSSR count). The van der Waals surface area contributed by atoms with Crippen molar-refractivity contribution in [3.05, 3.63) is 17.6 Å². The predicted molar refractivity (Wildman–Crippen MR) is 84.0 cm³/mol. The summed E-state index contributed by atoms with van der Waals surface area (Å²) >= 11 is 0. The van der Waals surface area contributed by atoms with E-state index in [-0.39, 0.29) is 0 Å². The van der Waals surface area contributed by atoms with Gasteiger partial charge in [0.2, 0.25) is 0 Å². The van der Waals surface area contributed by atoms with Crippen molar-refractivity contribution in [2.45, 2.75) is 46.1 Å². The highest BCUT2D eigenvalue weighted by atomic mass is 15.0. The minimum absolute atomic E-state index is 0.569. The molecule has 1 aliphatic heterocycles. The first-order valence-corrected chi connectivity index (χ1v) is 8.43. The quantitative estimate of drug-likeness (QED) is 0.897. The number of rotatable bonds is 3. The van der Waals surface area contributed by atoms with Crippen LogP contribution >= 0.6 is 0 Å². The van der Waals surface area contributed by atoms with Crippen LogP contribution in [0.4, 0.5) is 5.82 Å². The van der Waals surface area contributed by atoms with Crippen molar-refractivity contribution >= 4 is 5.82 Å². The third kappa shape index (κ3) is 2.15. The molecule has 2 N–H and O–H groups in total. The maximum atomic E-state index is 4.50. The van der Waals surface area contributed by atoms with Crippen molar-refractivity contribution in [3.8, 4) is 0 Å². The van der Waals surface area contributed by atoms with Gasteiger partial charge in [0, 0.05) is 18.7 Å². The van der Waals surface area contributed by atoms with Crippen LogP contribution in [0.2, 0.25) is 0 Å². The van der Waals surface area contributed by atoms with E-state index in [0.717, 1.165) is 49.6 Å². The van der Waals surface area contributed by atoms with E-state index >= 15 is 0 Å². The standard InChI is InChI=1S/C17H26N4/c1-17(2)12-4-3-11(14(17)7-12)8-19-16-13-5-6-18-9-15(13)20-10-21-16/h10-12,14,18H,3-9H2,1-2H3,(H,19,20,21)/t11-,12-,14-/m1/s1. The summed E-state index contributed by atoms with van der Waals surface area (Å²) in [5.74, 6) is 3.79. The van der Waals surface area contributed by atoms with Gasteiger partial charge in [-0.05, 0) is 55.4 Å². The monoisotopic (exact) mass is 286 g/mol. The van der Waals surface area contributed by atoms with Crippen LogP contribution in [0.15, 0.2) is 6.33 Å². The van der Waals surface area contributed by atoms with E-state index in [4.69, 9.17) is 0 Å². The van der Waals surface area contributed by atoms with E-state index in [1.807, 2.05) is 0 Å². The van der Waals surface area contributed by atoms with Gasteiger partial charge in [-0.1, -0.05) is 13.8 Å². The number of nitrogens with zero attached hydrogens (tertiary/aromatic N) is 2. The Labute approximate surface area is 127 Å². The second-order valence-corrected chi connectivity index (χ2v) is 7.65.